The quantitative estimate of drug-likeness (QED) is 0.546. The first-order valence-electron chi connectivity index (χ1n) is 10.9. The fourth-order valence-corrected chi connectivity index (χ4v) is 4.06. The molecule has 0 heterocycles. The second kappa shape index (κ2) is 10.8. The molecule has 0 fully saturated rings. The topological polar surface area (TPSA) is 95.9 Å². The molecule has 1 atom stereocenters. The monoisotopic (exact) mass is 438 g/mol. The predicted molar refractivity (Wildman–Crippen MR) is 121 cm³/mol. The molecule has 3 rings (SSSR count). The average Bonchev–Trinajstić information content (AvgIpc) is 3.08. The van der Waals surface area contributed by atoms with Crippen molar-refractivity contribution < 1.29 is 24.2 Å². The number of nitrogens with zero attached hydrogens (tertiary/aromatic N) is 1. The van der Waals surface area contributed by atoms with E-state index in [9.17, 15) is 14.4 Å². The van der Waals surface area contributed by atoms with Crippen molar-refractivity contribution in [3.05, 3.63) is 59.7 Å². The Kier molecular flexibility index (Phi) is 7.87. The lowest BCUT2D eigenvalue weighted by molar-refractivity contribution is -0.137. The zero-order chi connectivity index (χ0) is 23.1. The Hall–Kier alpha value is -3.35. The Labute approximate surface area is 188 Å². The summed E-state index contributed by atoms with van der Waals surface area (Å²) in [6.07, 6.45) is 0.862. The Morgan fingerprint density at radius 3 is 2.22 bits per heavy atom. The van der Waals surface area contributed by atoms with E-state index in [1.165, 1.54) is 11.1 Å². The van der Waals surface area contributed by atoms with E-state index in [2.05, 4.69) is 29.6 Å². The Bertz CT molecular complexity index is 929. The molecule has 0 radical (unpaired) electrons. The lowest BCUT2D eigenvalue weighted by Crippen LogP contribution is -2.38. The van der Waals surface area contributed by atoms with Crippen LogP contribution in [0.15, 0.2) is 48.5 Å². The maximum Gasteiger partial charge on any atom is 0.407 e. The number of fused-ring (bicyclic) bond motifs is 3. The van der Waals surface area contributed by atoms with Crippen molar-refractivity contribution >= 4 is 18.0 Å². The maximum atomic E-state index is 12.3. The molecule has 0 saturated carbocycles. The molecule has 32 heavy (non-hydrogen) atoms. The molecular formula is C25H30N2O5. The highest BCUT2D eigenvalue weighted by molar-refractivity contribution is 5.79. The number of aliphatic carboxylic acids is 1. The van der Waals surface area contributed by atoms with Gasteiger partial charge in [0.25, 0.3) is 0 Å². The van der Waals surface area contributed by atoms with E-state index in [1.54, 1.807) is 18.9 Å². The standard InChI is InChI=1S/C25H30N2O5/c1-17(15-23(28)27(2)14-8-7-13-24(29)30)26-25(31)32-16-22-20-11-5-3-9-18(20)19-10-4-6-12-21(19)22/h3-6,9-12,17,22H,7-8,13-16H2,1-2H3,(H,26,31)(H,29,30)/t17-/m1/s1. The van der Waals surface area contributed by atoms with Crippen LogP contribution in [0, 0.1) is 0 Å². The molecule has 7 heteroatoms. The Morgan fingerprint density at radius 2 is 1.62 bits per heavy atom. The number of ether oxygens (including phenoxy) is 1. The third-order valence-electron chi connectivity index (χ3n) is 5.75. The fraction of sp³-hybridized carbons (Fsp3) is 0.400. The summed E-state index contributed by atoms with van der Waals surface area (Å²) in [4.78, 5) is 36.8. The molecule has 2 amide bonds. The molecule has 1 aliphatic rings. The Morgan fingerprint density at radius 1 is 1.03 bits per heavy atom. The summed E-state index contributed by atoms with van der Waals surface area (Å²) in [6, 6.07) is 15.9. The number of carboxylic acid groups (broad SMARTS) is 1. The van der Waals surface area contributed by atoms with Gasteiger partial charge in [0.2, 0.25) is 5.91 Å². The maximum absolute atomic E-state index is 12.3. The van der Waals surface area contributed by atoms with Gasteiger partial charge >= 0.3 is 12.1 Å². The number of alkyl carbamates (subject to hydrolysis) is 1. The highest BCUT2D eigenvalue weighted by Crippen LogP contribution is 2.44. The highest BCUT2D eigenvalue weighted by atomic mass is 16.5. The number of amides is 2. The van der Waals surface area contributed by atoms with Crippen molar-refractivity contribution in [2.45, 2.75) is 44.6 Å². The van der Waals surface area contributed by atoms with E-state index in [1.807, 2.05) is 24.3 Å². The van der Waals surface area contributed by atoms with Gasteiger partial charge in [0.05, 0.1) is 0 Å². The van der Waals surface area contributed by atoms with Crippen LogP contribution in [0.5, 0.6) is 0 Å². The van der Waals surface area contributed by atoms with Crippen LogP contribution in [0.25, 0.3) is 11.1 Å². The predicted octanol–water partition coefficient (Wildman–Crippen LogP) is 4.02. The van der Waals surface area contributed by atoms with Crippen molar-refractivity contribution in [3.63, 3.8) is 0 Å². The molecule has 7 nitrogen and oxygen atoms in total. The van der Waals surface area contributed by atoms with Gasteiger partial charge in [-0.05, 0) is 42.0 Å². The zero-order valence-electron chi connectivity index (χ0n) is 18.5. The number of unbranched alkanes of at least 4 members (excludes halogenated alkanes) is 1. The van der Waals surface area contributed by atoms with E-state index in [0.29, 0.717) is 19.4 Å². The van der Waals surface area contributed by atoms with Gasteiger partial charge in [-0.25, -0.2) is 4.79 Å². The molecule has 0 aromatic heterocycles. The molecule has 0 aliphatic heterocycles. The van der Waals surface area contributed by atoms with Gasteiger partial charge in [0, 0.05) is 38.4 Å². The second-order valence-electron chi connectivity index (χ2n) is 8.24. The molecule has 1 aliphatic carbocycles. The number of carbonyl (C=O) groups is 3. The van der Waals surface area contributed by atoms with Crippen LogP contribution in [0.1, 0.15) is 49.7 Å². The minimum Gasteiger partial charge on any atom is -0.481 e. The lowest BCUT2D eigenvalue weighted by Gasteiger charge is -2.20. The average molecular weight is 439 g/mol. The van der Waals surface area contributed by atoms with Gasteiger partial charge in [-0.15, -0.1) is 0 Å². The molecule has 2 aromatic rings. The summed E-state index contributed by atoms with van der Waals surface area (Å²) >= 11 is 0. The van der Waals surface area contributed by atoms with Crippen LogP contribution in [0.3, 0.4) is 0 Å². The van der Waals surface area contributed by atoms with Crippen molar-refractivity contribution in [1.29, 1.82) is 0 Å². The highest BCUT2D eigenvalue weighted by Gasteiger charge is 2.29. The smallest absolute Gasteiger partial charge is 0.407 e. The largest absolute Gasteiger partial charge is 0.481 e. The van der Waals surface area contributed by atoms with Crippen molar-refractivity contribution in [2.75, 3.05) is 20.2 Å². The first kappa shape index (κ1) is 23.3. The van der Waals surface area contributed by atoms with Gasteiger partial charge in [-0.2, -0.15) is 0 Å². The third kappa shape index (κ3) is 5.87. The summed E-state index contributed by atoms with van der Waals surface area (Å²) in [5.74, 6) is -0.950. The van der Waals surface area contributed by atoms with Gasteiger partial charge < -0.3 is 20.1 Å². The summed E-state index contributed by atoms with van der Waals surface area (Å²) in [5.41, 5.74) is 4.63. The number of hydrogen-bond acceptors (Lipinski definition) is 4. The number of nitrogens with one attached hydrogen (secondary N) is 1. The van der Waals surface area contributed by atoms with Gasteiger partial charge in [0.15, 0.2) is 0 Å². The zero-order valence-corrected chi connectivity index (χ0v) is 18.5. The SMILES string of the molecule is C[C@H](CC(=O)N(C)CCCCC(=O)O)NC(=O)OCC1c2ccccc2-c2ccccc21. The molecular weight excluding hydrogens is 408 g/mol. The molecule has 0 spiro atoms. The third-order valence-corrected chi connectivity index (χ3v) is 5.75. The van der Waals surface area contributed by atoms with Crippen molar-refractivity contribution in [2.24, 2.45) is 0 Å². The molecule has 0 bridgehead atoms. The molecule has 0 saturated heterocycles. The van der Waals surface area contributed by atoms with Crippen molar-refractivity contribution in [3.8, 4) is 11.1 Å². The molecule has 170 valence electrons. The normalized spacial score (nSPS) is 13.1. The first-order chi connectivity index (χ1) is 15.4. The van der Waals surface area contributed by atoms with E-state index >= 15 is 0 Å². The van der Waals surface area contributed by atoms with Gasteiger partial charge in [0.1, 0.15) is 6.61 Å². The summed E-state index contributed by atoms with van der Waals surface area (Å²) < 4.78 is 5.52. The molecule has 2 N–H and O–H groups in total. The summed E-state index contributed by atoms with van der Waals surface area (Å²) in [7, 11) is 1.68. The Balaban J connectivity index is 1.46. The minimum absolute atomic E-state index is 0.0120. The lowest BCUT2D eigenvalue weighted by atomic mass is 9.98. The number of carbonyl (C=O) groups excluding carboxylic acids is 2. The first-order valence-corrected chi connectivity index (χ1v) is 10.9. The van der Waals surface area contributed by atoms with E-state index in [4.69, 9.17) is 9.84 Å². The van der Waals surface area contributed by atoms with Crippen LogP contribution < -0.4 is 5.32 Å². The van der Waals surface area contributed by atoms with Crippen LogP contribution in [0.2, 0.25) is 0 Å². The van der Waals surface area contributed by atoms with E-state index < -0.39 is 12.1 Å². The molecule has 2 aromatic carbocycles. The van der Waals surface area contributed by atoms with Gasteiger partial charge in [-0.1, -0.05) is 48.5 Å². The second-order valence-corrected chi connectivity index (χ2v) is 8.24. The molecule has 0 unspecified atom stereocenters. The van der Waals surface area contributed by atoms with Crippen LogP contribution in [0.4, 0.5) is 4.79 Å². The fourth-order valence-electron chi connectivity index (χ4n) is 4.06. The minimum atomic E-state index is -0.833. The van der Waals surface area contributed by atoms with Crippen LogP contribution in [-0.4, -0.2) is 54.2 Å². The van der Waals surface area contributed by atoms with E-state index in [-0.39, 0.29) is 37.3 Å². The summed E-state index contributed by atoms with van der Waals surface area (Å²) in [5, 5.41) is 11.4. The van der Waals surface area contributed by atoms with E-state index in [0.717, 1.165) is 11.1 Å². The number of hydrogen-bond donors (Lipinski definition) is 2. The number of carboxylic acids is 1. The van der Waals surface area contributed by atoms with Gasteiger partial charge in [-0.3, -0.25) is 9.59 Å². The van der Waals surface area contributed by atoms with Crippen LogP contribution >= 0.6 is 0 Å². The number of rotatable bonds is 10. The number of benzene rings is 2. The van der Waals surface area contributed by atoms with Crippen LogP contribution in [-0.2, 0) is 14.3 Å². The van der Waals surface area contributed by atoms with Crippen molar-refractivity contribution in [1.82, 2.24) is 10.2 Å². The summed E-state index contributed by atoms with van der Waals surface area (Å²) in [6.45, 7) is 2.48.